The zero-order valence-electron chi connectivity index (χ0n) is 23.3. The normalized spacial score (nSPS) is 14.4. The van der Waals surface area contributed by atoms with Crippen molar-refractivity contribution in [2.45, 2.75) is 57.3 Å². The number of para-hydroxylation sites is 1. The van der Waals surface area contributed by atoms with Gasteiger partial charge in [0.25, 0.3) is 0 Å². The maximum absolute atomic E-state index is 14.1. The van der Waals surface area contributed by atoms with Crippen LogP contribution in [0.2, 0.25) is 0 Å². The van der Waals surface area contributed by atoms with E-state index in [0.29, 0.717) is 33.7 Å². The number of carbonyl (C=O) groups is 2. The molecule has 0 unspecified atom stereocenters. The van der Waals surface area contributed by atoms with E-state index in [2.05, 4.69) is 15.6 Å². The van der Waals surface area contributed by atoms with Gasteiger partial charge in [-0.05, 0) is 60.4 Å². The molecule has 1 atom stereocenters. The maximum Gasteiger partial charge on any atom is 0.247 e. The van der Waals surface area contributed by atoms with Crippen LogP contribution in [-0.4, -0.2) is 52.0 Å². The summed E-state index contributed by atoms with van der Waals surface area (Å²) in [5.41, 5.74) is 2.61. The van der Waals surface area contributed by atoms with Gasteiger partial charge in [-0.25, -0.2) is 9.07 Å². The minimum absolute atomic E-state index is 0.0286. The van der Waals surface area contributed by atoms with Crippen LogP contribution in [0.3, 0.4) is 0 Å². The first-order chi connectivity index (χ1) is 20.0. The van der Waals surface area contributed by atoms with Gasteiger partial charge in [-0.15, -0.1) is 5.10 Å². The number of carbonyl (C=O) groups excluding carboxylic acids is 2. The van der Waals surface area contributed by atoms with Gasteiger partial charge in [-0.2, -0.15) is 0 Å². The molecular formula is C31H34FN5O4. The fourth-order valence-corrected chi connectivity index (χ4v) is 5.39. The molecule has 1 fully saturated rings. The average molecular weight is 560 g/mol. The first-order valence-electron chi connectivity index (χ1n) is 13.8. The van der Waals surface area contributed by atoms with Gasteiger partial charge < -0.3 is 19.7 Å². The largest absolute Gasteiger partial charge is 0.493 e. The van der Waals surface area contributed by atoms with E-state index in [1.54, 1.807) is 30.3 Å². The topological polar surface area (TPSA) is 98.6 Å². The monoisotopic (exact) mass is 559 g/mol. The summed E-state index contributed by atoms with van der Waals surface area (Å²) < 4.78 is 26.2. The van der Waals surface area contributed by atoms with Crippen LogP contribution in [0.5, 0.6) is 11.5 Å². The fraction of sp³-hybridized carbons (Fsp3) is 0.355. The second-order valence-electron chi connectivity index (χ2n) is 10.2. The van der Waals surface area contributed by atoms with E-state index in [1.807, 2.05) is 24.3 Å². The molecule has 2 amide bonds. The molecule has 0 radical (unpaired) electrons. The molecule has 1 saturated carbocycles. The molecule has 9 nitrogen and oxygen atoms in total. The lowest BCUT2D eigenvalue weighted by Gasteiger charge is -2.34. The van der Waals surface area contributed by atoms with Crippen LogP contribution < -0.4 is 14.8 Å². The minimum Gasteiger partial charge on any atom is -0.493 e. The standard InChI is InChI=1S/C31H34FN5O4/c1-40-27-17-14-22(18-28(27)41-2)30(31(39)33-24-8-4-3-5-9-24)36(19-21-12-15-23(32)16-13-21)29(38)20-37-26-11-7-6-10-25(26)34-35-37/h6-7,10-18,24,30H,3-5,8-9,19-20H2,1-2H3,(H,33,39)/t30-/m0/s1. The Kier molecular flexibility index (Phi) is 8.76. The molecule has 1 aliphatic rings. The maximum atomic E-state index is 14.1. The lowest BCUT2D eigenvalue weighted by atomic mass is 9.94. The number of methoxy groups -OCH3 is 2. The Morgan fingerprint density at radius 1 is 1.00 bits per heavy atom. The summed E-state index contributed by atoms with van der Waals surface area (Å²) in [7, 11) is 3.06. The summed E-state index contributed by atoms with van der Waals surface area (Å²) in [4.78, 5) is 29.8. The van der Waals surface area contributed by atoms with Crippen LogP contribution in [0.25, 0.3) is 11.0 Å². The number of fused-ring (bicyclic) bond motifs is 1. The number of nitrogens with zero attached hydrogens (tertiary/aromatic N) is 4. The third-order valence-corrected chi connectivity index (χ3v) is 7.53. The molecule has 4 aromatic rings. The molecule has 0 saturated heterocycles. The molecule has 10 heteroatoms. The number of halogens is 1. The molecule has 0 bridgehead atoms. The third kappa shape index (κ3) is 6.48. The van der Waals surface area contributed by atoms with Gasteiger partial charge >= 0.3 is 0 Å². The van der Waals surface area contributed by atoms with Crippen molar-refractivity contribution in [1.82, 2.24) is 25.2 Å². The Bertz CT molecular complexity index is 1500. The highest BCUT2D eigenvalue weighted by Crippen LogP contribution is 2.33. The zero-order chi connectivity index (χ0) is 28.8. The van der Waals surface area contributed by atoms with Gasteiger partial charge in [0.15, 0.2) is 11.5 Å². The van der Waals surface area contributed by atoms with Crippen molar-refractivity contribution in [2.75, 3.05) is 14.2 Å². The molecule has 1 N–H and O–H groups in total. The van der Waals surface area contributed by atoms with Crippen LogP contribution in [0.1, 0.15) is 49.3 Å². The molecule has 0 aliphatic heterocycles. The Hall–Kier alpha value is -4.47. The molecule has 1 aromatic heterocycles. The number of rotatable bonds is 10. The number of hydrogen-bond acceptors (Lipinski definition) is 6. The smallest absolute Gasteiger partial charge is 0.247 e. The van der Waals surface area contributed by atoms with Crippen molar-refractivity contribution in [2.24, 2.45) is 0 Å². The number of hydrogen-bond donors (Lipinski definition) is 1. The van der Waals surface area contributed by atoms with E-state index in [1.165, 1.54) is 35.9 Å². The van der Waals surface area contributed by atoms with Gasteiger partial charge in [0, 0.05) is 12.6 Å². The van der Waals surface area contributed by atoms with Gasteiger partial charge in [0.05, 0.1) is 19.7 Å². The average Bonchev–Trinajstić information content (AvgIpc) is 3.40. The van der Waals surface area contributed by atoms with Crippen molar-refractivity contribution in [3.8, 4) is 11.5 Å². The quantitative estimate of drug-likeness (QED) is 0.300. The Balaban J connectivity index is 1.56. The summed E-state index contributed by atoms with van der Waals surface area (Å²) in [5.74, 6) is -0.0658. The minimum atomic E-state index is -0.996. The fourth-order valence-electron chi connectivity index (χ4n) is 5.39. The molecule has 214 valence electrons. The van der Waals surface area contributed by atoms with E-state index in [-0.39, 0.29) is 36.8 Å². The number of aromatic nitrogens is 3. The van der Waals surface area contributed by atoms with Gasteiger partial charge in [-0.1, -0.05) is 54.8 Å². The molecular weight excluding hydrogens is 525 g/mol. The summed E-state index contributed by atoms with van der Waals surface area (Å²) in [6.07, 6.45) is 5.02. The number of nitrogens with one attached hydrogen (secondary N) is 1. The molecule has 3 aromatic carbocycles. The Labute approximate surface area is 238 Å². The van der Waals surface area contributed by atoms with Crippen molar-refractivity contribution < 1.29 is 23.5 Å². The lowest BCUT2D eigenvalue weighted by Crippen LogP contribution is -2.47. The highest BCUT2D eigenvalue weighted by Gasteiger charge is 2.34. The van der Waals surface area contributed by atoms with E-state index in [0.717, 1.165) is 32.1 Å². The first-order valence-corrected chi connectivity index (χ1v) is 13.8. The summed E-state index contributed by atoms with van der Waals surface area (Å²) in [5, 5.41) is 11.6. The van der Waals surface area contributed by atoms with E-state index >= 15 is 0 Å². The van der Waals surface area contributed by atoms with Gasteiger partial charge in [0.1, 0.15) is 23.9 Å². The summed E-state index contributed by atoms with van der Waals surface area (Å²) >= 11 is 0. The number of ether oxygens (including phenoxy) is 2. The van der Waals surface area contributed by atoms with Crippen LogP contribution in [-0.2, 0) is 22.7 Å². The third-order valence-electron chi connectivity index (χ3n) is 7.53. The predicted octanol–water partition coefficient (Wildman–Crippen LogP) is 4.81. The first kappa shape index (κ1) is 28.1. The number of benzene rings is 3. The van der Waals surface area contributed by atoms with E-state index in [9.17, 15) is 14.0 Å². The molecule has 0 spiro atoms. The highest BCUT2D eigenvalue weighted by molar-refractivity contribution is 5.89. The summed E-state index contributed by atoms with van der Waals surface area (Å²) in [6.45, 7) is -0.0644. The van der Waals surface area contributed by atoms with Crippen molar-refractivity contribution >= 4 is 22.8 Å². The lowest BCUT2D eigenvalue weighted by molar-refractivity contribution is -0.142. The van der Waals surface area contributed by atoms with Crippen LogP contribution in [0, 0.1) is 5.82 Å². The van der Waals surface area contributed by atoms with Crippen LogP contribution in [0.15, 0.2) is 66.7 Å². The van der Waals surface area contributed by atoms with Crippen molar-refractivity contribution in [1.29, 1.82) is 0 Å². The second kappa shape index (κ2) is 12.8. The van der Waals surface area contributed by atoms with Gasteiger partial charge in [-0.3, -0.25) is 9.59 Å². The summed E-state index contributed by atoms with van der Waals surface area (Å²) in [6, 6.07) is 17.5. The van der Waals surface area contributed by atoms with E-state index < -0.39 is 6.04 Å². The second-order valence-corrected chi connectivity index (χ2v) is 10.2. The molecule has 1 aliphatic carbocycles. The van der Waals surface area contributed by atoms with Crippen LogP contribution in [0.4, 0.5) is 4.39 Å². The zero-order valence-corrected chi connectivity index (χ0v) is 23.3. The van der Waals surface area contributed by atoms with Crippen LogP contribution >= 0.6 is 0 Å². The predicted molar refractivity (Wildman–Crippen MR) is 152 cm³/mol. The SMILES string of the molecule is COc1ccc([C@@H](C(=O)NC2CCCCC2)N(Cc2ccc(F)cc2)C(=O)Cn2nnc3ccccc32)cc1OC. The van der Waals surface area contributed by atoms with Crippen molar-refractivity contribution in [3.63, 3.8) is 0 Å². The van der Waals surface area contributed by atoms with Crippen molar-refractivity contribution in [3.05, 3.63) is 83.7 Å². The van der Waals surface area contributed by atoms with E-state index in [4.69, 9.17) is 9.47 Å². The molecule has 1 heterocycles. The molecule has 5 rings (SSSR count). The highest BCUT2D eigenvalue weighted by atomic mass is 19.1. The molecule has 41 heavy (non-hydrogen) atoms. The Morgan fingerprint density at radius 3 is 2.46 bits per heavy atom. The van der Waals surface area contributed by atoms with Gasteiger partial charge in [0.2, 0.25) is 11.8 Å². The Morgan fingerprint density at radius 2 is 1.73 bits per heavy atom. The number of amides is 2.